The summed E-state index contributed by atoms with van der Waals surface area (Å²) in [6, 6.07) is -0.143. The van der Waals surface area contributed by atoms with Gasteiger partial charge < -0.3 is 15.3 Å². The molecule has 1 heterocycles. The fourth-order valence-electron chi connectivity index (χ4n) is 1.97. The summed E-state index contributed by atoms with van der Waals surface area (Å²) in [4.78, 5) is 24.6. The molecular formula is C13H24N2O3S. The Labute approximate surface area is 119 Å². The van der Waals surface area contributed by atoms with Gasteiger partial charge in [0.25, 0.3) is 0 Å². The highest BCUT2D eigenvalue weighted by Crippen LogP contribution is 2.29. The Morgan fingerprint density at radius 3 is 2.68 bits per heavy atom. The van der Waals surface area contributed by atoms with E-state index >= 15 is 0 Å². The molecule has 1 fully saturated rings. The third kappa shape index (κ3) is 4.93. The Balaban J connectivity index is 2.23. The molecule has 110 valence electrons. The Morgan fingerprint density at radius 2 is 2.16 bits per heavy atom. The largest absolute Gasteiger partial charge is 0.481 e. The van der Waals surface area contributed by atoms with E-state index in [9.17, 15) is 9.59 Å². The van der Waals surface area contributed by atoms with Gasteiger partial charge in [0.1, 0.15) is 0 Å². The number of aliphatic carboxylic acids is 1. The number of carboxylic acids is 1. The van der Waals surface area contributed by atoms with Crippen molar-refractivity contribution >= 4 is 23.8 Å². The van der Waals surface area contributed by atoms with Crippen molar-refractivity contribution in [1.29, 1.82) is 0 Å². The van der Waals surface area contributed by atoms with Gasteiger partial charge in [-0.3, -0.25) is 4.79 Å². The predicted octanol–water partition coefficient (Wildman–Crippen LogP) is 1.88. The molecule has 1 rings (SSSR count). The van der Waals surface area contributed by atoms with Crippen LogP contribution in [0.2, 0.25) is 0 Å². The molecule has 0 radical (unpaired) electrons. The predicted molar refractivity (Wildman–Crippen MR) is 77.5 cm³/mol. The van der Waals surface area contributed by atoms with Crippen LogP contribution in [0.5, 0.6) is 0 Å². The minimum Gasteiger partial charge on any atom is -0.481 e. The average Bonchev–Trinajstić information content (AvgIpc) is 2.72. The van der Waals surface area contributed by atoms with E-state index in [1.807, 2.05) is 11.8 Å². The van der Waals surface area contributed by atoms with Gasteiger partial charge >= 0.3 is 12.0 Å². The van der Waals surface area contributed by atoms with Crippen molar-refractivity contribution in [3.8, 4) is 0 Å². The lowest BCUT2D eigenvalue weighted by molar-refractivity contribution is -0.146. The quantitative estimate of drug-likeness (QED) is 0.732. The number of carboxylic acid groups (broad SMARTS) is 1. The first-order chi connectivity index (χ1) is 8.85. The minimum atomic E-state index is -0.824. The number of amides is 2. The number of nitrogens with one attached hydrogen (secondary N) is 1. The first-order valence-electron chi connectivity index (χ1n) is 6.69. The first-order valence-corrected chi connectivity index (χ1v) is 7.84. The van der Waals surface area contributed by atoms with Gasteiger partial charge in [-0.1, -0.05) is 13.8 Å². The Hall–Kier alpha value is -0.910. The molecule has 0 aromatic carbocycles. The van der Waals surface area contributed by atoms with Gasteiger partial charge in [-0.15, -0.1) is 0 Å². The average molecular weight is 288 g/mol. The number of carbonyl (C=O) groups excluding carboxylic acids is 1. The van der Waals surface area contributed by atoms with E-state index in [0.717, 1.165) is 11.5 Å². The summed E-state index contributed by atoms with van der Waals surface area (Å²) >= 11 is 1.82. The van der Waals surface area contributed by atoms with Crippen LogP contribution in [-0.4, -0.2) is 53.1 Å². The van der Waals surface area contributed by atoms with E-state index in [2.05, 4.69) is 19.2 Å². The maximum Gasteiger partial charge on any atom is 0.317 e. The number of likely N-dealkylation sites (tertiary alicyclic amines) is 1. The van der Waals surface area contributed by atoms with Gasteiger partial charge in [-0.05, 0) is 25.0 Å². The highest BCUT2D eigenvalue weighted by molar-refractivity contribution is 7.99. The third-order valence-corrected chi connectivity index (χ3v) is 4.65. The van der Waals surface area contributed by atoms with E-state index in [1.165, 1.54) is 0 Å². The molecule has 1 unspecified atom stereocenters. The molecule has 1 aliphatic rings. The second-order valence-electron chi connectivity index (χ2n) is 5.74. The fraction of sp³-hybridized carbons (Fsp3) is 0.846. The summed E-state index contributed by atoms with van der Waals surface area (Å²) < 4.78 is 0. The van der Waals surface area contributed by atoms with E-state index in [1.54, 1.807) is 11.8 Å². The zero-order valence-electron chi connectivity index (χ0n) is 11.9. The van der Waals surface area contributed by atoms with Gasteiger partial charge in [0.2, 0.25) is 0 Å². The summed E-state index contributed by atoms with van der Waals surface area (Å²) in [5.74, 6) is 1.83. The number of hydrogen-bond acceptors (Lipinski definition) is 3. The topological polar surface area (TPSA) is 69.6 Å². The van der Waals surface area contributed by atoms with Crippen LogP contribution in [0.15, 0.2) is 0 Å². The van der Waals surface area contributed by atoms with Crippen LogP contribution in [-0.2, 0) is 4.79 Å². The van der Waals surface area contributed by atoms with E-state index in [-0.39, 0.29) is 6.03 Å². The molecule has 1 aliphatic heterocycles. The summed E-state index contributed by atoms with van der Waals surface area (Å²) in [5.41, 5.74) is -0.788. The van der Waals surface area contributed by atoms with Gasteiger partial charge in [-0.2, -0.15) is 11.8 Å². The molecule has 0 bridgehead atoms. The minimum absolute atomic E-state index is 0.143. The molecule has 0 spiro atoms. The maximum atomic E-state index is 11.9. The maximum absolute atomic E-state index is 11.9. The van der Waals surface area contributed by atoms with Crippen molar-refractivity contribution in [1.82, 2.24) is 10.2 Å². The SMILES string of the molecule is CC(C)CSCCNC(=O)N1CCC(C)(C(=O)O)C1. The molecule has 0 aromatic heterocycles. The molecule has 1 atom stereocenters. The van der Waals surface area contributed by atoms with Gasteiger partial charge in [0.05, 0.1) is 5.41 Å². The van der Waals surface area contributed by atoms with Crippen LogP contribution in [0.4, 0.5) is 4.79 Å². The van der Waals surface area contributed by atoms with Crippen LogP contribution >= 0.6 is 11.8 Å². The second kappa shape index (κ2) is 7.03. The molecule has 19 heavy (non-hydrogen) atoms. The first kappa shape index (κ1) is 16.1. The van der Waals surface area contributed by atoms with Crippen LogP contribution < -0.4 is 5.32 Å². The number of carbonyl (C=O) groups is 2. The van der Waals surface area contributed by atoms with Crippen molar-refractivity contribution in [3.05, 3.63) is 0 Å². The van der Waals surface area contributed by atoms with Crippen molar-refractivity contribution in [2.24, 2.45) is 11.3 Å². The van der Waals surface area contributed by atoms with Crippen molar-refractivity contribution in [2.75, 3.05) is 31.1 Å². The Kier molecular flexibility index (Phi) is 5.97. The summed E-state index contributed by atoms with van der Waals surface area (Å²) in [6.07, 6.45) is 0.526. The molecule has 2 N–H and O–H groups in total. The molecule has 0 saturated carbocycles. The number of rotatable bonds is 6. The zero-order valence-corrected chi connectivity index (χ0v) is 12.8. The molecule has 6 heteroatoms. The molecule has 1 saturated heterocycles. The van der Waals surface area contributed by atoms with E-state index in [0.29, 0.717) is 32.0 Å². The third-order valence-electron chi connectivity index (χ3n) is 3.25. The number of nitrogens with zero attached hydrogens (tertiary/aromatic N) is 1. The molecule has 2 amide bonds. The highest BCUT2D eigenvalue weighted by atomic mass is 32.2. The van der Waals surface area contributed by atoms with Crippen molar-refractivity contribution in [2.45, 2.75) is 27.2 Å². The summed E-state index contributed by atoms with van der Waals surface area (Å²) in [7, 11) is 0. The Bertz CT molecular complexity index is 336. The normalized spacial score (nSPS) is 22.8. The van der Waals surface area contributed by atoms with Crippen LogP contribution in [0, 0.1) is 11.3 Å². The zero-order chi connectivity index (χ0) is 14.5. The van der Waals surface area contributed by atoms with Gasteiger partial charge in [0, 0.05) is 25.4 Å². The van der Waals surface area contributed by atoms with E-state index < -0.39 is 11.4 Å². The summed E-state index contributed by atoms with van der Waals surface area (Å²) in [5, 5.41) is 12.0. The standard InChI is InChI=1S/C13H24N2O3S/c1-10(2)8-19-7-5-14-12(18)15-6-4-13(3,9-15)11(16)17/h10H,4-9H2,1-3H3,(H,14,18)(H,16,17). The lowest BCUT2D eigenvalue weighted by Gasteiger charge is -2.20. The Morgan fingerprint density at radius 1 is 1.47 bits per heavy atom. The summed E-state index contributed by atoms with van der Waals surface area (Å²) in [6.45, 7) is 7.49. The number of urea groups is 1. The second-order valence-corrected chi connectivity index (χ2v) is 6.89. The van der Waals surface area contributed by atoms with Crippen LogP contribution in [0.3, 0.4) is 0 Å². The molecule has 5 nitrogen and oxygen atoms in total. The van der Waals surface area contributed by atoms with Crippen molar-refractivity contribution < 1.29 is 14.7 Å². The van der Waals surface area contributed by atoms with E-state index in [4.69, 9.17) is 5.11 Å². The lowest BCUT2D eigenvalue weighted by atomic mass is 9.90. The molecule has 0 aliphatic carbocycles. The lowest BCUT2D eigenvalue weighted by Crippen LogP contribution is -2.41. The molecular weight excluding hydrogens is 264 g/mol. The monoisotopic (exact) mass is 288 g/mol. The van der Waals surface area contributed by atoms with Crippen LogP contribution in [0.25, 0.3) is 0 Å². The highest BCUT2D eigenvalue weighted by Gasteiger charge is 2.42. The fourth-order valence-corrected chi connectivity index (χ4v) is 2.85. The van der Waals surface area contributed by atoms with Gasteiger partial charge in [-0.25, -0.2) is 4.79 Å². The van der Waals surface area contributed by atoms with Gasteiger partial charge in [0.15, 0.2) is 0 Å². The smallest absolute Gasteiger partial charge is 0.317 e. The van der Waals surface area contributed by atoms with Crippen molar-refractivity contribution in [3.63, 3.8) is 0 Å². The van der Waals surface area contributed by atoms with Crippen LogP contribution in [0.1, 0.15) is 27.2 Å². The number of thioether (sulfide) groups is 1. The molecule has 0 aromatic rings. The number of hydrogen-bond donors (Lipinski definition) is 2.